The molecular formula is C28H36FN3O7S. The van der Waals surface area contributed by atoms with Crippen molar-refractivity contribution >= 4 is 46.0 Å². The Morgan fingerprint density at radius 2 is 1.52 bits per heavy atom. The molecule has 1 aromatic heterocycles. The number of carbonyl (C=O) groups excluding carboxylic acids is 4. The van der Waals surface area contributed by atoms with Gasteiger partial charge in [-0.2, -0.15) is 0 Å². The average Bonchev–Trinajstić information content (AvgIpc) is 3.21. The Kier molecular flexibility index (Phi) is 11.4. The smallest absolute Gasteiger partial charge is 0.341 e. The number of hydrogen-bond donors (Lipinski definition) is 4. The molecule has 0 aliphatic carbocycles. The summed E-state index contributed by atoms with van der Waals surface area (Å²) in [5.41, 5.74) is 0.823. The van der Waals surface area contributed by atoms with Crippen LogP contribution in [0.15, 0.2) is 24.3 Å². The number of benzene rings is 1. The van der Waals surface area contributed by atoms with Gasteiger partial charge in [-0.15, -0.1) is 11.3 Å². The van der Waals surface area contributed by atoms with Gasteiger partial charge in [0.05, 0.1) is 23.5 Å². The number of anilines is 1. The molecule has 0 radical (unpaired) electrons. The lowest BCUT2D eigenvalue weighted by molar-refractivity contribution is -0.143. The number of amides is 3. The molecule has 3 atom stereocenters. The van der Waals surface area contributed by atoms with Crippen molar-refractivity contribution < 1.29 is 38.2 Å². The van der Waals surface area contributed by atoms with E-state index in [1.165, 1.54) is 38.3 Å². The SMILES string of the molecule is CCC(C(=O)Nc1sc(C(=O)N[C@H](C(=O)N[C@@H](C(=O)O)C(C)C)C(C)C)c(C)c1C(=O)OC)c1ccc(F)cc1. The Morgan fingerprint density at radius 1 is 0.950 bits per heavy atom. The van der Waals surface area contributed by atoms with Gasteiger partial charge in [0, 0.05) is 0 Å². The molecule has 10 nitrogen and oxygen atoms in total. The highest BCUT2D eigenvalue weighted by Crippen LogP contribution is 2.35. The first kappa shape index (κ1) is 32.4. The van der Waals surface area contributed by atoms with Crippen LogP contribution in [-0.4, -0.2) is 54.0 Å². The van der Waals surface area contributed by atoms with E-state index in [0.717, 1.165) is 11.3 Å². The number of methoxy groups -OCH3 is 1. The summed E-state index contributed by atoms with van der Waals surface area (Å²) in [7, 11) is 1.17. The van der Waals surface area contributed by atoms with Crippen molar-refractivity contribution in [2.24, 2.45) is 11.8 Å². The number of nitrogens with one attached hydrogen (secondary N) is 3. The maximum absolute atomic E-state index is 13.4. The molecule has 1 heterocycles. The lowest BCUT2D eigenvalue weighted by atomic mass is 9.95. The van der Waals surface area contributed by atoms with E-state index >= 15 is 0 Å². The van der Waals surface area contributed by atoms with Gasteiger partial charge in [-0.05, 0) is 48.4 Å². The number of halogens is 1. The molecule has 0 aliphatic rings. The number of ether oxygens (including phenoxy) is 1. The third-order valence-electron chi connectivity index (χ3n) is 6.44. The minimum absolute atomic E-state index is 0.00347. The van der Waals surface area contributed by atoms with E-state index in [-0.39, 0.29) is 26.9 Å². The van der Waals surface area contributed by atoms with E-state index < -0.39 is 59.4 Å². The normalized spacial score (nSPS) is 13.3. The summed E-state index contributed by atoms with van der Waals surface area (Å²) in [6.07, 6.45) is 0.390. The molecule has 2 aromatic rings. The van der Waals surface area contributed by atoms with Crippen molar-refractivity contribution in [2.45, 2.75) is 66.0 Å². The molecule has 0 bridgehead atoms. The summed E-state index contributed by atoms with van der Waals surface area (Å²) in [6, 6.07) is 3.31. The maximum atomic E-state index is 13.4. The van der Waals surface area contributed by atoms with E-state index in [1.54, 1.807) is 34.6 Å². The summed E-state index contributed by atoms with van der Waals surface area (Å²) in [5, 5.41) is 17.4. The molecular weight excluding hydrogens is 541 g/mol. The summed E-state index contributed by atoms with van der Waals surface area (Å²) in [4.78, 5) is 63.8. The van der Waals surface area contributed by atoms with Gasteiger partial charge in [0.2, 0.25) is 11.8 Å². The van der Waals surface area contributed by atoms with E-state index in [1.807, 2.05) is 0 Å². The van der Waals surface area contributed by atoms with Crippen LogP contribution in [0.3, 0.4) is 0 Å². The van der Waals surface area contributed by atoms with Gasteiger partial charge in [-0.1, -0.05) is 46.8 Å². The lowest BCUT2D eigenvalue weighted by Gasteiger charge is -2.25. The minimum atomic E-state index is -1.19. The number of carboxylic acids is 1. The largest absolute Gasteiger partial charge is 0.480 e. The number of thiophene rings is 1. The number of aliphatic carboxylic acids is 1. The van der Waals surface area contributed by atoms with Crippen LogP contribution in [0, 0.1) is 24.6 Å². The first-order valence-corrected chi connectivity index (χ1v) is 13.7. The monoisotopic (exact) mass is 577 g/mol. The second kappa shape index (κ2) is 14.0. The molecule has 1 aromatic carbocycles. The van der Waals surface area contributed by atoms with Gasteiger partial charge in [0.15, 0.2) is 0 Å². The van der Waals surface area contributed by atoms with Gasteiger partial charge in [-0.25, -0.2) is 14.0 Å². The fourth-order valence-electron chi connectivity index (χ4n) is 4.13. The molecule has 1 unspecified atom stereocenters. The predicted molar refractivity (Wildman–Crippen MR) is 149 cm³/mol. The van der Waals surface area contributed by atoms with Crippen LogP contribution < -0.4 is 16.0 Å². The molecule has 3 amide bonds. The summed E-state index contributed by atoms with van der Waals surface area (Å²) in [6.45, 7) is 10.0. The highest BCUT2D eigenvalue weighted by atomic mass is 32.1. The third kappa shape index (κ3) is 7.65. The van der Waals surface area contributed by atoms with Crippen molar-refractivity contribution in [2.75, 3.05) is 12.4 Å². The van der Waals surface area contributed by atoms with Gasteiger partial charge in [-0.3, -0.25) is 14.4 Å². The average molecular weight is 578 g/mol. The number of esters is 1. The Bertz CT molecular complexity index is 1260. The highest BCUT2D eigenvalue weighted by Gasteiger charge is 2.33. The minimum Gasteiger partial charge on any atom is -0.480 e. The Morgan fingerprint density at radius 3 is 2.00 bits per heavy atom. The fraction of sp³-hybridized carbons (Fsp3) is 0.464. The zero-order valence-corrected chi connectivity index (χ0v) is 24.4. The fourth-order valence-corrected chi connectivity index (χ4v) is 5.23. The quantitative estimate of drug-likeness (QED) is 0.277. The lowest BCUT2D eigenvalue weighted by Crippen LogP contribution is -2.54. The first-order chi connectivity index (χ1) is 18.7. The number of carboxylic acid groups (broad SMARTS) is 1. The maximum Gasteiger partial charge on any atom is 0.341 e. The van der Waals surface area contributed by atoms with Crippen molar-refractivity contribution in [3.05, 3.63) is 51.7 Å². The number of rotatable bonds is 12. The molecule has 40 heavy (non-hydrogen) atoms. The molecule has 0 fully saturated rings. The summed E-state index contributed by atoms with van der Waals surface area (Å²) in [5.74, 6) is -5.63. The Labute approximate surface area is 236 Å². The van der Waals surface area contributed by atoms with Crippen LogP contribution in [0.4, 0.5) is 9.39 Å². The van der Waals surface area contributed by atoms with E-state index in [2.05, 4.69) is 16.0 Å². The highest BCUT2D eigenvalue weighted by molar-refractivity contribution is 7.18. The molecule has 12 heteroatoms. The molecule has 0 saturated heterocycles. The molecule has 0 saturated carbocycles. The standard InChI is InChI=1S/C28H36FN3O7S/c1-8-18(16-9-11-17(29)12-10-16)23(33)32-26-19(28(38)39-7)15(6)22(40-26)25(35)30-20(13(2)3)24(34)31-21(14(4)5)27(36)37/h9-14,18,20-21H,8H2,1-7H3,(H,30,35)(H,31,34)(H,32,33)(H,36,37)/t18?,20-,21+/m0/s1. The molecule has 2 rings (SSSR count). The van der Waals surface area contributed by atoms with Crippen molar-refractivity contribution in [1.29, 1.82) is 0 Å². The van der Waals surface area contributed by atoms with Crippen LogP contribution >= 0.6 is 11.3 Å². The first-order valence-electron chi connectivity index (χ1n) is 12.8. The van der Waals surface area contributed by atoms with E-state index in [4.69, 9.17) is 4.74 Å². The van der Waals surface area contributed by atoms with Gasteiger partial charge < -0.3 is 25.8 Å². The molecule has 218 valence electrons. The second-order valence-electron chi connectivity index (χ2n) is 10.0. The Balaban J connectivity index is 2.38. The zero-order chi connectivity index (χ0) is 30.3. The molecule has 4 N–H and O–H groups in total. The van der Waals surface area contributed by atoms with E-state index in [0.29, 0.717) is 12.0 Å². The predicted octanol–water partition coefficient (Wildman–Crippen LogP) is 4.09. The summed E-state index contributed by atoms with van der Waals surface area (Å²) < 4.78 is 18.3. The van der Waals surface area contributed by atoms with Crippen molar-refractivity contribution in [1.82, 2.24) is 10.6 Å². The van der Waals surface area contributed by atoms with Crippen LogP contribution in [0.1, 0.15) is 78.1 Å². The van der Waals surface area contributed by atoms with Gasteiger partial charge in [0.25, 0.3) is 5.91 Å². The molecule has 0 spiro atoms. The van der Waals surface area contributed by atoms with Gasteiger partial charge in [0.1, 0.15) is 22.9 Å². The van der Waals surface area contributed by atoms with Gasteiger partial charge >= 0.3 is 11.9 Å². The van der Waals surface area contributed by atoms with Crippen LogP contribution in [-0.2, 0) is 19.1 Å². The van der Waals surface area contributed by atoms with Crippen LogP contribution in [0.2, 0.25) is 0 Å². The topological polar surface area (TPSA) is 151 Å². The third-order valence-corrected chi connectivity index (χ3v) is 7.65. The summed E-state index contributed by atoms with van der Waals surface area (Å²) >= 11 is 0.850. The molecule has 0 aliphatic heterocycles. The number of hydrogen-bond acceptors (Lipinski definition) is 7. The van der Waals surface area contributed by atoms with Crippen LogP contribution in [0.5, 0.6) is 0 Å². The Hall–Kier alpha value is -3.80. The van der Waals surface area contributed by atoms with Crippen molar-refractivity contribution in [3.63, 3.8) is 0 Å². The number of carbonyl (C=O) groups is 5. The van der Waals surface area contributed by atoms with E-state index in [9.17, 15) is 33.5 Å². The van der Waals surface area contributed by atoms with Crippen LogP contribution in [0.25, 0.3) is 0 Å². The van der Waals surface area contributed by atoms with Crippen molar-refractivity contribution in [3.8, 4) is 0 Å². The second-order valence-corrected chi connectivity index (χ2v) is 11.0. The zero-order valence-electron chi connectivity index (χ0n) is 23.6.